The van der Waals surface area contributed by atoms with Crippen molar-refractivity contribution >= 4 is 0 Å². The minimum absolute atomic E-state index is 0.495. The normalized spacial score (nSPS) is 12.5. The van der Waals surface area contributed by atoms with E-state index in [4.69, 9.17) is 10.3 Å². The van der Waals surface area contributed by atoms with Gasteiger partial charge < -0.3 is 10.3 Å². The topological polar surface area (TPSA) is 90.7 Å². The third-order valence-corrected chi connectivity index (χ3v) is 3.18. The highest BCUT2D eigenvalue weighted by Gasteiger charge is 2.12. The lowest BCUT2D eigenvalue weighted by Gasteiger charge is -2.11. The summed E-state index contributed by atoms with van der Waals surface area (Å²) in [5.41, 5.74) is 6.22. The van der Waals surface area contributed by atoms with Gasteiger partial charge in [-0.05, 0) is 25.3 Å². The Hall–Kier alpha value is -1.82. The summed E-state index contributed by atoms with van der Waals surface area (Å²) in [5, 5.41) is 3.92. The maximum absolute atomic E-state index is 5.59. The Labute approximate surface area is 112 Å². The zero-order valence-electron chi connectivity index (χ0n) is 11.1. The Kier molecular flexibility index (Phi) is 4.97. The molecule has 2 heterocycles. The Morgan fingerprint density at radius 3 is 2.89 bits per heavy atom. The first kappa shape index (κ1) is 13.6. The van der Waals surface area contributed by atoms with Gasteiger partial charge >= 0.3 is 0 Å². The van der Waals surface area contributed by atoms with Gasteiger partial charge in [0, 0.05) is 18.8 Å². The fourth-order valence-corrected chi connectivity index (χ4v) is 1.99. The van der Waals surface area contributed by atoms with E-state index in [0.717, 1.165) is 32.2 Å². The second-order valence-corrected chi connectivity index (χ2v) is 4.49. The molecule has 0 amide bonds. The van der Waals surface area contributed by atoms with Gasteiger partial charge in [-0.1, -0.05) is 18.5 Å². The van der Waals surface area contributed by atoms with Gasteiger partial charge in [-0.3, -0.25) is 4.98 Å². The van der Waals surface area contributed by atoms with Crippen LogP contribution >= 0.6 is 0 Å². The SMILES string of the molecule is CCC(CCN)CCc1nc(-c2cnccn2)no1. The molecular formula is C13H19N5O. The van der Waals surface area contributed by atoms with Gasteiger partial charge in [0.1, 0.15) is 5.69 Å². The van der Waals surface area contributed by atoms with Crippen LogP contribution in [0, 0.1) is 5.92 Å². The molecule has 0 aliphatic heterocycles. The number of hydrogen-bond donors (Lipinski definition) is 1. The average molecular weight is 261 g/mol. The fourth-order valence-electron chi connectivity index (χ4n) is 1.99. The van der Waals surface area contributed by atoms with Gasteiger partial charge in [-0.15, -0.1) is 0 Å². The molecule has 0 fully saturated rings. The Balaban J connectivity index is 1.94. The minimum atomic E-state index is 0.495. The van der Waals surface area contributed by atoms with Crippen LogP contribution in [0.2, 0.25) is 0 Å². The monoisotopic (exact) mass is 261 g/mol. The van der Waals surface area contributed by atoms with E-state index in [9.17, 15) is 0 Å². The van der Waals surface area contributed by atoms with Gasteiger partial charge in [-0.25, -0.2) is 4.98 Å². The van der Waals surface area contributed by atoms with E-state index in [2.05, 4.69) is 27.0 Å². The molecule has 0 saturated heterocycles. The number of rotatable bonds is 7. The van der Waals surface area contributed by atoms with Crippen molar-refractivity contribution in [3.8, 4) is 11.5 Å². The van der Waals surface area contributed by atoms with Crippen molar-refractivity contribution in [2.75, 3.05) is 6.54 Å². The van der Waals surface area contributed by atoms with Gasteiger partial charge in [-0.2, -0.15) is 4.98 Å². The summed E-state index contributed by atoms with van der Waals surface area (Å²) in [5.74, 6) is 1.77. The van der Waals surface area contributed by atoms with Gasteiger partial charge in [0.05, 0.1) is 6.20 Å². The van der Waals surface area contributed by atoms with E-state index in [1.165, 1.54) is 0 Å². The summed E-state index contributed by atoms with van der Waals surface area (Å²) < 4.78 is 5.23. The minimum Gasteiger partial charge on any atom is -0.339 e. The van der Waals surface area contributed by atoms with Crippen molar-refractivity contribution in [3.05, 3.63) is 24.5 Å². The highest BCUT2D eigenvalue weighted by molar-refractivity contribution is 5.45. The second-order valence-electron chi connectivity index (χ2n) is 4.49. The summed E-state index contributed by atoms with van der Waals surface area (Å²) in [4.78, 5) is 12.5. The molecule has 2 N–H and O–H groups in total. The first-order valence-electron chi connectivity index (χ1n) is 6.62. The molecule has 0 saturated carbocycles. The summed E-state index contributed by atoms with van der Waals surface area (Å²) in [7, 11) is 0. The van der Waals surface area contributed by atoms with Crippen molar-refractivity contribution < 1.29 is 4.52 Å². The van der Waals surface area contributed by atoms with Crippen LogP contribution in [0.15, 0.2) is 23.1 Å². The van der Waals surface area contributed by atoms with E-state index >= 15 is 0 Å². The van der Waals surface area contributed by atoms with Gasteiger partial charge in [0.25, 0.3) is 0 Å². The van der Waals surface area contributed by atoms with E-state index in [-0.39, 0.29) is 0 Å². The number of aryl methyl sites for hydroxylation is 1. The van der Waals surface area contributed by atoms with Crippen molar-refractivity contribution in [3.63, 3.8) is 0 Å². The predicted molar refractivity (Wildman–Crippen MR) is 71.1 cm³/mol. The van der Waals surface area contributed by atoms with Crippen molar-refractivity contribution in [2.45, 2.75) is 32.6 Å². The summed E-state index contributed by atoms with van der Waals surface area (Å²) in [6.45, 7) is 2.91. The summed E-state index contributed by atoms with van der Waals surface area (Å²) in [6.07, 6.45) is 8.83. The summed E-state index contributed by atoms with van der Waals surface area (Å²) in [6, 6.07) is 0. The molecule has 19 heavy (non-hydrogen) atoms. The molecule has 6 nitrogen and oxygen atoms in total. The number of aromatic nitrogens is 4. The molecule has 0 aliphatic rings. The predicted octanol–water partition coefficient (Wildman–Crippen LogP) is 1.83. The van der Waals surface area contributed by atoms with Crippen molar-refractivity contribution in [1.29, 1.82) is 0 Å². The summed E-state index contributed by atoms with van der Waals surface area (Å²) >= 11 is 0. The first-order valence-corrected chi connectivity index (χ1v) is 6.62. The van der Waals surface area contributed by atoms with E-state index in [1.807, 2.05) is 0 Å². The third-order valence-electron chi connectivity index (χ3n) is 3.18. The molecule has 2 aromatic rings. The van der Waals surface area contributed by atoms with Crippen molar-refractivity contribution in [1.82, 2.24) is 20.1 Å². The van der Waals surface area contributed by atoms with E-state index < -0.39 is 0 Å². The molecule has 0 radical (unpaired) electrons. The average Bonchev–Trinajstić information content (AvgIpc) is 2.93. The Morgan fingerprint density at radius 2 is 2.21 bits per heavy atom. The molecule has 1 atom stereocenters. The molecule has 2 aromatic heterocycles. The number of hydrogen-bond acceptors (Lipinski definition) is 6. The largest absolute Gasteiger partial charge is 0.339 e. The zero-order valence-corrected chi connectivity index (χ0v) is 11.1. The smallest absolute Gasteiger partial charge is 0.227 e. The van der Waals surface area contributed by atoms with Crippen molar-refractivity contribution in [2.24, 2.45) is 11.7 Å². The highest BCUT2D eigenvalue weighted by atomic mass is 16.5. The van der Waals surface area contributed by atoms with Crippen LogP contribution in [0.4, 0.5) is 0 Å². The van der Waals surface area contributed by atoms with Gasteiger partial charge in [0.15, 0.2) is 0 Å². The number of nitrogens with two attached hydrogens (primary N) is 1. The molecule has 1 unspecified atom stereocenters. The molecule has 2 rings (SSSR count). The zero-order chi connectivity index (χ0) is 13.5. The maximum Gasteiger partial charge on any atom is 0.227 e. The lowest BCUT2D eigenvalue weighted by molar-refractivity contribution is 0.354. The van der Waals surface area contributed by atoms with Crippen LogP contribution in [0.1, 0.15) is 32.1 Å². The molecule has 0 spiro atoms. The van der Waals surface area contributed by atoms with E-state index in [0.29, 0.717) is 23.3 Å². The van der Waals surface area contributed by atoms with Crippen LogP contribution in [-0.4, -0.2) is 26.7 Å². The lowest BCUT2D eigenvalue weighted by Crippen LogP contribution is -2.09. The fraction of sp³-hybridized carbons (Fsp3) is 0.538. The first-order chi connectivity index (χ1) is 9.33. The highest BCUT2D eigenvalue weighted by Crippen LogP contribution is 2.17. The lowest BCUT2D eigenvalue weighted by atomic mass is 9.97. The molecular weight excluding hydrogens is 242 g/mol. The molecule has 102 valence electrons. The molecule has 0 aromatic carbocycles. The van der Waals surface area contributed by atoms with Gasteiger partial charge in [0.2, 0.25) is 11.7 Å². The maximum atomic E-state index is 5.59. The third kappa shape index (κ3) is 3.82. The quantitative estimate of drug-likeness (QED) is 0.817. The molecule has 0 aliphatic carbocycles. The van der Waals surface area contributed by atoms with E-state index in [1.54, 1.807) is 18.6 Å². The van der Waals surface area contributed by atoms with Crippen LogP contribution < -0.4 is 5.73 Å². The van der Waals surface area contributed by atoms with Crippen LogP contribution in [0.25, 0.3) is 11.5 Å². The number of nitrogens with zero attached hydrogens (tertiary/aromatic N) is 4. The molecule has 0 bridgehead atoms. The Bertz CT molecular complexity index is 485. The Morgan fingerprint density at radius 1 is 1.32 bits per heavy atom. The standard InChI is InChI=1S/C13H19N5O/c1-2-10(5-6-14)3-4-12-17-13(18-19-12)11-9-15-7-8-16-11/h7-10H,2-6,14H2,1H3. The van der Waals surface area contributed by atoms with Crippen LogP contribution in [-0.2, 0) is 6.42 Å². The second kappa shape index (κ2) is 6.94. The van der Waals surface area contributed by atoms with Crippen LogP contribution in [0.3, 0.4) is 0 Å². The van der Waals surface area contributed by atoms with Crippen LogP contribution in [0.5, 0.6) is 0 Å². The molecule has 6 heteroatoms.